The Hall–Kier alpha value is -2.58. The summed E-state index contributed by atoms with van der Waals surface area (Å²) in [6, 6.07) is 11.3. The van der Waals surface area contributed by atoms with Crippen molar-refractivity contribution < 1.29 is 27.9 Å². The Balaban J connectivity index is 1.88. The normalized spacial score (nSPS) is 20.7. The fourth-order valence-electron chi connectivity index (χ4n) is 2.28. The fraction of sp³-hybridized carbons (Fsp3) is 0.118. The summed E-state index contributed by atoms with van der Waals surface area (Å²) in [6.07, 6.45) is -2.64. The molecule has 0 radical (unpaired) electrons. The Kier molecular flexibility index (Phi) is 4.52. The molecule has 0 amide bonds. The van der Waals surface area contributed by atoms with Crippen molar-refractivity contribution in [1.29, 1.82) is 0 Å². The summed E-state index contributed by atoms with van der Waals surface area (Å²) < 4.78 is 56.5. The summed E-state index contributed by atoms with van der Waals surface area (Å²) in [6.45, 7) is 0. The van der Waals surface area contributed by atoms with Crippen LogP contribution in [-0.4, -0.2) is 14.2 Å². The number of nitrogens with two attached hydrogens (primary N) is 1. The molecule has 0 aliphatic carbocycles. The molecule has 6 nitrogen and oxygen atoms in total. The van der Waals surface area contributed by atoms with Gasteiger partial charge in [-0.3, -0.25) is 4.79 Å². The molecule has 0 bridgehead atoms. The van der Waals surface area contributed by atoms with Gasteiger partial charge in [-0.1, -0.05) is 41.9 Å². The maximum atomic E-state index is 14.1. The van der Waals surface area contributed by atoms with Gasteiger partial charge in [0.25, 0.3) is 0 Å². The number of carbonyl (C=O) groups is 1. The minimum absolute atomic E-state index is 0.0547. The number of ketones is 1. The third-order valence-electron chi connectivity index (χ3n) is 3.42. The summed E-state index contributed by atoms with van der Waals surface area (Å²) in [5.41, 5.74) is 5.45. The maximum Gasteiger partial charge on any atom is 0.313 e. The SMILES string of the molecule is [2H]C1(c2cc(Cl)ccc2F)OC(N)=C(OS(=O)(=O)Cc2ccccc2)C1=O. The molecule has 0 saturated heterocycles. The van der Waals surface area contributed by atoms with Crippen LogP contribution in [0.15, 0.2) is 60.2 Å². The minimum Gasteiger partial charge on any atom is -0.460 e. The average Bonchev–Trinajstić information content (AvgIpc) is 2.81. The number of rotatable bonds is 5. The number of halogens is 2. The zero-order chi connectivity index (χ0) is 19.8. The molecular formula is C17H13ClFNO5S. The predicted octanol–water partition coefficient (Wildman–Crippen LogP) is 2.79. The van der Waals surface area contributed by atoms with Crippen molar-refractivity contribution in [1.82, 2.24) is 0 Å². The van der Waals surface area contributed by atoms with Gasteiger partial charge in [-0.15, -0.1) is 0 Å². The van der Waals surface area contributed by atoms with Crippen molar-refractivity contribution in [2.75, 3.05) is 0 Å². The van der Waals surface area contributed by atoms with E-state index in [1.54, 1.807) is 30.3 Å². The van der Waals surface area contributed by atoms with Gasteiger partial charge in [0.15, 0.2) is 6.08 Å². The Labute approximate surface area is 155 Å². The van der Waals surface area contributed by atoms with Gasteiger partial charge in [0.1, 0.15) is 11.6 Å². The lowest BCUT2D eigenvalue weighted by Crippen LogP contribution is -2.17. The first-order valence-electron chi connectivity index (χ1n) is 7.77. The largest absolute Gasteiger partial charge is 0.460 e. The molecule has 0 aromatic heterocycles. The topological polar surface area (TPSA) is 95.7 Å². The summed E-state index contributed by atoms with van der Waals surface area (Å²) >= 11 is 5.79. The highest BCUT2D eigenvalue weighted by Crippen LogP contribution is 2.35. The van der Waals surface area contributed by atoms with Crippen molar-refractivity contribution in [3.63, 3.8) is 0 Å². The van der Waals surface area contributed by atoms with Crippen LogP contribution in [0.1, 0.15) is 18.6 Å². The molecule has 26 heavy (non-hydrogen) atoms. The van der Waals surface area contributed by atoms with E-state index in [2.05, 4.69) is 0 Å². The van der Waals surface area contributed by atoms with Crippen molar-refractivity contribution in [3.8, 4) is 0 Å². The van der Waals surface area contributed by atoms with E-state index in [0.717, 1.165) is 12.1 Å². The Bertz CT molecular complexity index is 1040. The van der Waals surface area contributed by atoms with Gasteiger partial charge >= 0.3 is 10.1 Å². The van der Waals surface area contributed by atoms with Crippen LogP contribution in [0.3, 0.4) is 0 Å². The number of hydrogen-bond donors (Lipinski definition) is 1. The predicted molar refractivity (Wildman–Crippen MR) is 91.6 cm³/mol. The Morgan fingerprint density at radius 3 is 2.65 bits per heavy atom. The zero-order valence-corrected chi connectivity index (χ0v) is 14.7. The molecule has 1 atom stereocenters. The summed E-state index contributed by atoms with van der Waals surface area (Å²) in [5.74, 6) is -4.33. The molecule has 9 heteroatoms. The van der Waals surface area contributed by atoms with Crippen molar-refractivity contribution >= 4 is 27.5 Å². The van der Waals surface area contributed by atoms with E-state index in [1.807, 2.05) is 0 Å². The van der Waals surface area contributed by atoms with Gasteiger partial charge in [-0.05, 0) is 23.8 Å². The first kappa shape index (κ1) is 16.9. The van der Waals surface area contributed by atoms with E-state index >= 15 is 0 Å². The highest BCUT2D eigenvalue weighted by molar-refractivity contribution is 7.86. The molecule has 136 valence electrons. The second kappa shape index (κ2) is 6.97. The number of Topliss-reactive ketones (excluding diaryl/α,β-unsaturated/α-hetero) is 1. The van der Waals surface area contributed by atoms with Gasteiger partial charge in [0.2, 0.25) is 17.4 Å². The Morgan fingerprint density at radius 2 is 1.96 bits per heavy atom. The van der Waals surface area contributed by atoms with E-state index in [-0.39, 0.29) is 5.02 Å². The van der Waals surface area contributed by atoms with Crippen LogP contribution in [0.25, 0.3) is 0 Å². The second-order valence-electron chi connectivity index (χ2n) is 5.35. The van der Waals surface area contributed by atoms with Crippen LogP contribution in [0.5, 0.6) is 0 Å². The van der Waals surface area contributed by atoms with Crippen LogP contribution in [-0.2, 0) is 29.6 Å². The molecule has 1 aliphatic rings. The lowest BCUT2D eigenvalue weighted by molar-refractivity contribution is -0.123. The van der Waals surface area contributed by atoms with E-state index < -0.39 is 50.8 Å². The van der Waals surface area contributed by atoms with Gasteiger partial charge < -0.3 is 14.7 Å². The molecule has 1 unspecified atom stereocenters. The highest BCUT2D eigenvalue weighted by Gasteiger charge is 2.40. The first-order valence-corrected chi connectivity index (χ1v) is 9.23. The number of ether oxygens (including phenoxy) is 1. The van der Waals surface area contributed by atoms with E-state index in [1.165, 1.54) is 6.07 Å². The summed E-state index contributed by atoms with van der Waals surface area (Å²) in [4.78, 5) is 12.6. The molecule has 1 aliphatic heterocycles. The third kappa shape index (κ3) is 3.81. The molecule has 1 heterocycles. The maximum absolute atomic E-state index is 14.1. The Morgan fingerprint density at radius 1 is 1.27 bits per heavy atom. The average molecular weight is 399 g/mol. The number of benzene rings is 2. The molecule has 0 spiro atoms. The quantitative estimate of drug-likeness (QED) is 0.778. The lowest BCUT2D eigenvalue weighted by atomic mass is 10.1. The molecule has 2 aromatic rings. The molecule has 0 saturated carbocycles. The monoisotopic (exact) mass is 398 g/mol. The van der Waals surface area contributed by atoms with Crippen molar-refractivity contribution in [2.24, 2.45) is 5.73 Å². The van der Waals surface area contributed by atoms with Crippen LogP contribution in [0.4, 0.5) is 4.39 Å². The zero-order valence-electron chi connectivity index (χ0n) is 14.1. The van der Waals surface area contributed by atoms with Crippen molar-refractivity contribution in [2.45, 2.75) is 11.8 Å². The van der Waals surface area contributed by atoms with Gasteiger partial charge in [-0.25, -0.2) is 4.39 Å². The third-order valence-corrected chi connectivity index (χ3v) is 4.76. The molecular weight excluding hydrogens is 385 g/mol. The van der Waals surface area contributed by atoms with Gasteiger partial charge in [0, 0.05) is 10.6 Å². The van der Waals surface area contributed by atoms with Gasteiger partial charge in [-0.2, -0.15) is 8.42 Å². The van der Waals surface area contributed by atoms with E-state index in [0.29, 0.717) is 5.56 Å². The van der Waals surface area contributed by atoms with Crippen LogP contribution < -0.4 is 5.73 Å². The second-order valence-corrected chi connectivity index (χ2v) is 7.36. The van der Waals surface area contributed by atoms with E-state index in [4.69, 9.17) is 27.6 Å². The van der Waals surface area contributed by atoms with Crippen molar-refractivity contribution in [3.05, 3.63) is 82.1 Å². The van der Waals surface area contributed by atoms with Crippen LogP contribution in [0.2, 0.25) is 5.02 Å². The minimum atomic E-state index is -4.28. The number of carbonyl (C=O) groups excluding carboxylic acids is 1. The van der Waals surface area contributed by atoms with Crippen LogP contribution >= 0.6 is 11.6 Å². The standard InChI is InChI=1S/C17H13ClFNO5S/c18-11-6-7-13(19)12(8-11)15-14(21)16(17(20)24-15)25-26(22,23)9-10-4-2-1-3-5-10/h1-8,15H,9,20H2/i15D. The van der Waals surface area contributed by atoms with E-state index in [9.17, 15) is 17.6 Å². The first-order chi connectivity index (χ1) is 12.6. The summed E-state index contributed by atoms with van der Waals surface area (Å²) in [5, 5.41) is 0.0547. The summed E-state index contributed by atoms with van der Waals surface area (Å²) in [7, 11) is -4.28. The molecule has 2 aromatic carbocycles. The molecule has 0 fully saturated rings. The fourth-order valence-corrected chi connectivity index (χ4v) is 3.52. The highest BCUT2D eigenvalue weighted by atomic mass is 35.5. The number of hydrogen-bond acceptors (Lipinski definition) is 6. The van der Waals surface area contributed by atoms with Crippen LogP contribution in [0, 0.1) is 5.82 Å². The lowest BCUT2D eigenvalue weighted by Gasteiger charge is -2.11. The smallest absolute Gasteiger partial charge is 0.313 e. The molecule has 2 N–H and O–H groups in total. The van der Waals surface area contributed by atoms with Gasteiger partial charge in [0.05, 0.1) is 1.37 Å². The molecule has 3 rings (SSSR count).